The van der Waals surface area contributed by atoms with Crippen LogP contribution in [0.2, 0.25) is 0 Å². The summed E-state index contributed by atoms with van der Waals surface area (Å²) in [6.45, 7) is 5.96. The van der Waals surface area contributed by atoms with Gasteiger partial charge in [-0.25, -0.2) is 0 Å². The van der Waals surface area contributed by atoms with Crippen molar-refractivity contribution in [1.29, 1.82) is 0 Å². The molecule has 1 heterocycles. The van der Waals surface area contributed by atoms with Crippen LogP contribution in [0.1, 0.15) is 49.0 Å². The molecule has 1 aliphatic heterocycles. The second-order valence-electron chi connectivity index (χ2n) is 7.68. The van der Waals surface area contributed by atoms with Crippen molar-refractivity contribution in [1.82, 2.24) is 10.2 Å². The zero-order chi connectivity index (χ0) is 20.6. The van der Waals surface area contributed by atoms with Crippen LogP contribution in [0.4, 0.5) is 0 Å². The van der Waals surface area contributed by atoms with E-state index in [-0.39, 0.29) is 24.3 Å². The molecule has 29 heavy (non-hydrogen) atoms. The first-order valence-electron chi connectivity index (χ1n) is 10.4. The average molecular weight is 395 g/mol. The predicted molar refractivity (Wildman–Crippen MR) is 114 cm³/mol. The van der Waals surface area contributed by atoms with Crippen molar-refractivity contribution in [2.75, 3.05) is 13.2 Å². The van der Waals surface area contributed by atoms with Crippen molar-refractivity contribution in [3.05, 3.63) is 65.7 Å². The smallest absolute Gasteiger partial charge is 0.258 e. The van der Waals surface area contributed by atoms with Gasteiger partial charge in [-0.2, -0.15) is 0 Å². The van der Waals surface area contributed by atoms with Crippen LogP contribution in [0, 0.1) is 0 Å². The van der Waals surface area contributed by atoms with E-state index >= 15 is 0 Å². The number of rotatable bonds is 8. The van der Waals surface area contributed by atoms with Gasteiger partial charge in [0.15, 0.2) is 12.4 Å². The number of hydrogen-bond acceptors (Lipinski definition) is 4. The Morgan fingerprint density at radius 1 is 1.10 bits per heavy atom. The second-order valence-corrected chi connectivity index (χ2v) is 7.68. The number of nitrogens with one attached hydrogen (secondary N) is 1. The minimum atomic E-state index is -0.104. The molecule has 0 radical (unpaired) electrons. The maximum atomic E-state index is 12.3. The van der Waals surface area contributed by atoms with E-state index in [4.69, 9.17) is 4.74 Å². The molecule has 3 rings (SSSR count). The first-order valence-corrected chi connectivity index (χ1v) is 10.4. The van der Waals surface area contributed by atoms with Gasteiger partial charge < -0.3 is 10.1 Å². The molecule has 0 spiro atoms. The van der Waals surface area contributed by atoms with Gasteiger partial charge in [0, 0.05) is 37.2 Å². The van der Waals surface area contributed by atoms with E-state index in [1.54, 1.807) is 24.3 Å². The molecule has 1 N–H and O–H groups in total. The number of ketones is 1. The Bertz CT molecular complexity index is 805. The highest BCUT2D eigenvalue weighted by atomic mass is 16.5. The molecule has 2 atom stereocenters. The SMILES string of the molecule is CCC(=O)c1ccc(OCC(=O)N[C@H]2CCN(Cc3ccccc3)[C@@H](C)C2)cc1. The summed E-state index contributed by atoms with van der Waals surface area (Å²) < 4.78 is 5.57. The summed E-state index contributed by atoms with van der Waals surface area (Å²) in [5.41, 5.74) is 1.99. The molecule has 2 aromatic carbocycles. The lowest BCUT2D eigenvalue weighted by Gasteiger charge is -2.38. The Labute approximate surface area is 173 Å². The normalized spacial score (nSPS) is 19.5. The highest BCUT2D eigenvalue weighted by molar-refractivity contribution is 5.95. The van der Waals surface area contributed by atoms with Gasteiger partial charge in [0.05, 0.1) is 0 Å². The van der Waals surface area contributed by atoms with Gasteiger partial charge in [0.2, 0.25) is 0 Å². The zero-order valence-corrected chi connectivity index (χ0v) is 17.3. The number of nitrogens with zero attached hydrogens (tertiary/aromatic N) is 1. The molecule has 1 fully saturated rings. The van der Waals surface area contributed by atoms with E-state index in [0.29, 0.717) is 23.8 Å². The fraction of sp³-hybridized carbons (Fsp3) is 0.417. The monoisotopic (exact) mass is 394 g/mol. The van der Waals surface area contributed by atoms with Gasteiger partial charge >= 0.3 is 0 Å². The predicted octanol–water partition coefficient (Wildman–Crippen LogP) is 3.83. The number of benzene rings is 2. The average Bonchev–Trinajstić information content (AvgIpc) is 2.75. The lowest BCUT2D eigenvalue weighted by Crippen LogP contribution is -2.49. The number of carbonyl (C=O) groups is 2. The van der Waals surface area contributed by atoms with Gasteiger partial charge in [0.1, 0.15) is 5.75 Å². The number of carbonyl (C=O) groups excluding carboxylic acids is 2. The summed E-state index contributed by atoms with van der Waals surface area (Å²) in [4.78, 5) is 26.4. The molecule has 0 bridgehead atoms. The van der Waals surface area contributed by atoms with Crippen molar-refractivity contribution in [3.8, 4) is 5.75 Å². The van der Waals surface area contributed by atoms with Crippen molar-refractivity contribution in [2.45, 2.75) is 51.7 Å². The molecule has 0 aliphatic carbocycles. The fourth-order valence-electron chi connectivity index (χ4n) is 3.76. The molecule has 1 amide bonds. The van der Waals surface area contributed by atoms with E-state index < -0.39 is 0 Å². The van der Waals surface area contributed by atoms with Crippen LogP contribution in [0.25, 0.3) is 0 Å². The zero-order valence-electron chi connectivity index (χ0n) is 17.3. The second kappa shape index (κ2) is 10.2. The maximum Gasteiger partial charge on any atom is 0.258 e. The van der Waals surface area contributed by atoms with Crippen LogP contribution in [-0.2, 0) is 11.3 Å². The Hall–Kier alpha value is -2.66. The molecule has 5 heteroatoms. The van der Waals surface area contributed by atoms with Gasteiger partial charge in [-0.15, -0.1) is 0 Å². The largest absolute Gasteiger partial charge is 0.484 e. The van der Waals surface area contributed by atoms with Crippen LogP contribution in [0.5, 0.6) is 5.75 Å². The van der Waals surface area contributed by atoms with Crippen LogP contribution >= 0.6 is 0 Å². The van der Waals surface area contributed by atoms with Crippen molar-refractivity contribution in [3.63, 3.8) is 0 Å². The number of hydrogen-bond donors (Lipinski definition) is 1. The number of amides is 1. The van der Waals surface area contributed by atoms with Crippen LogP contribution in [0.15, 0.2) is 54.6 Å². The van der Waals surface area contributed by atoms with Gasteiger partial charge in [0.25, 0.3) is 5.91 Å². The third-order valence-electron chi connectivity index (χ3n) is 5.47. The third kappa shape index (κ3) is 6.16. The number of Topliss-reactive ketones (excluding diaryl/α,β-unsaturated/α-hetero) is 1. The summed E-state index contributed by atoms with van der Waals surface area (Å²) in [5, 5.41) is 3.10. The van der Waals surface area contributed by atoms with Gasteiger partial charge in [-0.05, 0) is 49.6 Å². The van der Waals surface area contributed by atoms with E-state index in [1.807, 2.05) is 13.0 Å². The van der Waals surface area contributed by atoms with Gasteiger partial charge in [-0.1, -0.05) is 37.3 Å². The lowest BCUT2D eigenvalue weighted by molar-refractivity contribution is -0.124. The quantitative estimate of drug-likeness (QED) is 0.692. The van der Waals surface area contributed by atoms with Crippen LogP contribution in [-0.4, -0.2) is 41.8 Å². The topological polar surface area (TPSA) is 58.6 Å². The summed E-state index contributed by atoms with van der Waals surface area (Å²) in [6.07, 6.45) is 2.36. The first kappa shape index (κ1) is 21.1. The molecule has 154 valence electrons. The Morgan fingerprint density at radius 3 is 2.48 bits per heavy atom. The highest BCUT2D eigenvalue weighted by Crippen LogP contribution is 2.20. The molecule has 2 aromatic rings. The molecule has 0 aromatic heterocycles. The van der Waals surface area contributed by atoms with E-state index in [2.05, 4.69) is 41.4 Å². The van der Waals surface area contributed by atoms with Crippen molar-refractivity contribution in [2.24, 2.45) is 0 Å². The molecule has 0 unspecified atom stereocenters. The van der Waals surface area contributed by atoms with Gasteiger partial charge in [-0.3, -0.25) is 14.5 Å². The van der Waals surface area contributed by atoms with Crippen LogP contribution < -0.4 is 10.1 Å². The number of piperidine rings is 1. The summed E-state index contributed by atoms with van der Waals surface area (Å²) >= 11 is 0. The Morgan fingerprint density at radius 2 is 1.83 bits per heavy atom. The molecule has 0 saturated carbocycles. The summed E-state index contributed by atoms with van der Waals surface area (Å²) in [7, 11) is 0. The molecule has 5 nitrogen and oxygen atoms in total. The van der Waals surface area contributed by atoms with E-state index in [0.717, 1.165) is 25.9 Å². The Balaban J connectivity index is 1.41. The summed E-state index contributed by atoms with van der Waals surface area (Å²) in [5.74, 6) is 0.591. The highest BCUT2D eigenvalue weighted by Gasteiger charge is 2.26. The van der Waals surface area contributed by atoms with Crippen LogP contribution in [0.3, 0.4) is 0 Å². The number of ether oxygens (including phenoxy) is 1. The maximum absolute atomic E-state index is 12.3. The first-order chi connectivity index (χ1) is 14.0. The standard InChI is InChI=1S/C24H30N2O3/c1-3-23(27)20-9-11-22(12-10-20)29-17-24(28)25-21-13-14-26(18(2)15-21)16-19-7-5-4-6-8-19/h4-12,18,21H,3,13-17H2,1-2H3,(H,25,28)/t18-,21-/m0/s1. The third-order valence-corrected chi connectivity index (χ3v) is 5.47. The van der Waals surface area contributed by atoms with E-state index in [1.165, 1.54) is 5.56 Å². The minimum absolute atomic E-state index is 0.0142. The molecule has 1 aliphatic rings. The Kier molecular flexibility index (Phi) is 7.42. The fourth-order valence-corrected chi connectivity index (χ4v) is 3.76. The lowest BCUT2D eigenvalue weighted by atomic mass is 9.97. The van der Waals surface area contributed by atoms with Crippen molar-refractivity contribution >= 4 is 11.7 Å². The van der Waals surface area contributed by atoms with Crippen molar-refractivity contribution < 1.29 is 14.3 Å². The minimum Gasteiger partial charge on any atom is -0.484 e. The molecular weight excluding hydrogens is 364 g/mol. The van der Waals surface area contributed by atoms with E-state index in [9.17, 15) is 9.59 Å². The number of likely N-dealkylation sites (tertiary alicyclic amines) is 1. The molecule has 1 saturated heterocycles. The molecular formula is C24H30N2O3. The summed E-state index contributed by atoms with van der Waals surface area (Å²) in [6, 6.07) is 18.0.